The minimum atomic E-state index is -0.139. The normalized spacial score (nSPS) is 46.0. The molecule has 1 spiro atoms. The van der Waals surface area contributed by atoms with E-state index in [0.717, 1.165) is 13.2 Å². The largest absolute Gasteiger partial charge is 0.347 e. The zero-order valence-electron chi connectivity index (χ0n) is 5.89. The molecule has 0 amide bonds. The highest BCUT2D eigenvalue weighted by atomic mass is 16.7. The molecular weight excluding hydrogens is 116 g/mol. The Morgan fingerprint density at radius 1 is 1.11 bits per heavy atom. The van der Waals surface area contributed by atoms with Gasteiger partial charge in [-0.2, -0.15) is 0 Å². The maximum Gasteiger partial charge on any atom is 0.174 e. The van der Waals surface area contributed by atoms with Gasteiger partial charge in [-0.25, -0.2) is 0 Å². The topological polar surface area (TPSA) is 18.5 Å². The highest BCUT2D eigenvalue weighted by molar-refractivity contribution is 5.03. The van der Waals surface area contributed by atoms with Gasteiger partial charge in [0.05, 0.1) is 13.2 Å². The molecule has 1 heterocycles. The first-order valence-corrected chi connectivity index (χ1v) is 3.55. The van der Waals surface area contributed by atoms with Crippen LogP contribution in [0.3, 0.4) is 0 Å². The lowest BCUT2D eigenvalue weighted by molar-refractivity contribution is -0.0897. The van der Waals surface area contributed by atoms with Crippen molar-refractivity contribution in [1.29, 1.82) is 0 Å². The van der Waals surface area contributed by atoms with Crippen LogP contribution in [-0.4, -0.2) is 19.0 Å². The zero-order valence-corrected chi connectivity index (χ0v) is 5.89. The van der Waals surface area contributed by atoms with Gasteiger partial charge >= 0.3 is 0 Å². The summed E-state index contributed by atoms with van der Waals surface area (Å²) >= 11 is 0. The average molecular weight is 128 g/mol. The van der Waals surface area contributed by atoms with Crippen molar-refractivity contribution in [2.24, 2.45) is 11.8 Å². The van der Waals surface area contributed by atoms with E-state index >= 15 is 0 Å². The summed E-state index contributed by atoms with van der Waals surface area (Å²) in [6.45, 7) is 5.93. The maximum absolute atomic E-state index is 5.45. The van der Waals surface area contributed by atoms with Crippen LogP contribution in [-0.2, 0) is 9.47 Å². The van der Waals surface area contributed by atoms with Crippen molar-refractivity contribution >= 4 is 0 Å². The molecule has 1 saturated heterocycles. The Morgan fingerprint density at radius 3 is 1.78 bits per heavy atom. The smallest absolute Gasteiger partial charge is 0.174 e. The van der Waals surface area contributed by atoms with Crippen molar-refractivity contribution in [2.75, 3.05) is 13.2 Å². The molecule has 9 heavy (non-hydrogen) atoms. The minimum Gasteiger partial charge on any atom is -0.347 e. The molecule has 1 aliphatic carbocycles. The molecule has 2 fully saturated rings. The van der Waals surface area contributed by atoms with Crippen LogP contribution >= 0.6 is 0 Å². The molecule has 0 radical (unpaired) electrons. The van der Waals surface area contributed by atoms with Gasteiger partial charge in [0.2, 0.25) is 0 Å². The molecular formula is C7H12O2. The molecule has 52 valence electrons. The molecule has 2 aliphatic rings. The second kappa shape index (κ2) is 1.50. The second-order valence-electron chi connectivity index (χ2n) is 3.00. The van der Waals surface area contributed by atoms with Gasteiger partial charge in [-0.05, 0) is 0 Å². The Morgan fingerprint density at radius 2 is 1.56 bits per heavy atom. The zero-order chi connectivity index (χ0) is 6.48. The van der Waals surface area contributed by atoms with Crippen LogP contribution in [0.4, 0.5) is 0 Å². The van der Waals surface area contributed by atoms with Gasteiger partial charge in [0, 0.05) is 11.8 Å². The van der Waals surface area contributed by atoms with Gasteiger partial charge in [0.15, 0.2) is 5.79 Å². The van der Waals surface area contributed by atoms with E-state index < -0.39 is 0 Å². The summed E-state index contributed by atoms with van der Waals surface area (Å²) in [5, 5.41) is 0. The molecule has 2 heteroatoms. The molecule has 2 nitrogen and oxygen atoms in total. The van der Waals surface area contributed by atoms with Crippen molar-refractivity contribution in [3.8, 4) is 0 Å². The first-order chi connectivity index (χ1) is 4.27. The fourth-order valence-electron chi connectivity index (χ4n) is 1.67. The van der Waals surface area contributed by atoms with Gasteiger partial charge in [0.25, 0.3) is 0 Å². The van der Waals surface area contributed by atoms with Crippen LogP contribution in [0.1, 0.15) is 13.8 Å². The van der Waals surface area contributed by atoms with E-state index in [1.807, 2.05) is 0 Å². The molecule has 1 saturated carbocycles. The van der Waals surface area contributed by atoms with E-state index in [-0.39, 0.29) is 5.79 Å². The highest BCUT2D eigenvalue weighted by Gasteiger charge is 2.64. The van der Waals surface area contributed by atoms with Crippen LogP contribution in [0.15, 0.2) is 0 Å². The van der Waals surface area contributed by atoms with E-state index in [2.05, 4.69) is 13.8 Å². The van der Waals surface area contributed by atoms with Crippen molar-refractivity contribution in [1.82, 2.24) is 0 Å². The van der Waals surface area contributed by atoms with Gasteiger partial charge < -0.3 is 9.47 Å². The van der Waals surface area contributed by atoms with E-state index in [9.17, 15) is 0 Å². The number of rotatable bonds is 0. The number of hydrogen-bond acceptors (Lipinski definition) is 2. The molecule has 2 unspecified atom stereocenters. The lowest BCUT2D eigenvalue weighted by atomic mass is 10.4. The summed E-state index contributed by atoms with van der Waals surface area (Å²) in [6.07, 6.45) is 0. The third-order valence-corrected chi connectivity index (χ3v) is 2.65. The monoisotopic (exact) mass is 128 g/mol. The first-order valence-electron chi connectivity index (χ1n) is 3.55. The van der Waals surface area contributed by atoms with Crippen molar-refractivity contribution < 1.29 is 9.47 Å². The van der Waals surface area contributed by atoms with Crippen molar-refractivity contribution in [3.05, 3.63) is 0 Å². The summed E-state index contributed by atoms with van der Waals surface area (Å²) < 4.78 is 10.9. The minimum absolute atomic E-state index is 0.139. The lowest BCUT2D eigenvalue weighted by Crippen LogP contribution is -2.12. The van der Waals surface area contributed by atoms with E-state index in [4.69, 9.17) is 9.47 Å². The average Bonchev–Trinajstić information content (AvgIpc) is 2.44. The van der Waals surface area contributed by atoms with Crippen LogP contribution < -0.4 is 0 Å². The fraction of sp³-hybridized carbons (Fsp3) is 1.00. The SMILES string of the molecule is CC1C(C)C12OCCO2. The van der Waals surface area contributed by atoms with Gasteiger partial charge in [-0.3, -0.25) is 0 Å². The summed E-state index contributed by atoms with van der Waals surface area (Å²) in [4.78, 5) is 0. The molecule has 0 aromatic carbocycles. The molecule has 0 aromatic heterocycles. The summed E-state index contributed by atoms with van der Waals surface area (Å²) in [5.74, 6) is 1.08. The van der Waals surface area contributed by atoms with Crippen LogP contribution in [0.5, 0.6) is 0 Å². The summed E-state index contributed by atoms with van der Waals surface area (Å²) in [6, 6.07) is 0. The molecule has 1 aliphatic heterocycles. The van der Waals surface area contributed by atoms with E-state index in [0.29, 0.717) is 11.8 Å². The van der Waals surface area contributed by atoms with Gasteiger partial charge in [-0.1, -0.05) is 13.8 Å². The van der Waals surface area contributed by atoms with Crippen LogP contribution in [0, 0.1) is 11.8 Å². The Bertz CT molecular complexity index is 117. The first kappa shape index (κ1) is 5.69. The van der Waals surface area contributed by atoms with Crippen LogP contribution in [0.25, 0.3) is 0 Å². The molecule has 2 rings (SSSR count). The second-order valence-corrected chi connectivity index (χ2v) is 3.00. The van der Waals surface area contributed by atoms with Crippen molar-refractivity contribution in [2.45, 2.75) is 19.6 Å². The number of hydrogen-bond donors (Lipinski definition) is 0. The lowest BCUT2D eigenvalue weighted by Gasteiger charge is -2.05. The van der Waals surface area contributed by atoms with Crippen molar-refractivity contribution in [3.63, 3.8) is 0 Å². The quantitative estimate of drug-likeness (QED) is 0.485. The molecule has 0 aromatic rings. The maximum atomic E-state index is 5.45. The third-order valence-electron chi connectivity index (χ3n) is 2.65. The van der Waals surface area contributed by atoms with Gasteiger partial charge in [0.1, 0.15) is 0 Å². The Hall–Kier alpha value is -0.0800. The molecule has 0 bridgehead atoms. The molecule has 0 N–H and O–H groups in total. The van der Waals surface area contributed by atoms with Crippen LogP contribution in [0.2, 0.25) is 0 Å². The predicted octanol–water partition coefficient (Wildman–Crippen LogP) is 1.02. The van der Waals surface area contributed by atoms with E-state index in [1.165, 1.54) is 0 Å². The Labute approximate surface area is 55.1 Å². The number of ether oxygens (including phenoxy) is 2. The highest BCUT2D eigenvalue weighted by Crippen LogP contribution is 2.55. The molecule has 2 atom stereocenters. The fourth-order valence-corrected chi connectivity index (χ4v) is 1.67. The van der Waals surface area contributed by atoms with Gasteiger partial charge in [-0.15, -0.1) is 0 Å². The third kappa shape index (κ3) is 0.528. The summed E-state index contributed by atoms with van der Waals surface area (Å²) in [7, 11) is 0. The standard InChI is InChI=1S/C7H12O2/c1-5-6(2)7(5)8-3-4-9-7/h5-6H,3-4H2,1-2H3. The predicted molar refractivity (Wildman–Crippen MR) is 33.0 cm³/mol. The Kier molecular flexibility index (Phi) is 0.945. The Balaban J connectivity index is 2.11. The summed E-state index contributed by atoms with van der Waals surface area (Å²) in [5.41, 5.74) is 0. The van der Waals surface area contributed by atoms with E-state index in [1.54, 1.807) is 0 Å².